The Balaban J connectivity index is 2.09. The number of nitrogen functional groups attached to an aromatic ring is 1. The molecule has 5 heteroatoms. The highest BCUT2D eigenvalue weighted by atomic mass is 16.3. The number of carbonyl (C=O) groups excluding carboxylic acids is 1. The molecule has 0 aliphatic carbocycles. The number of carbonyl (C=O) groups is 1. The minimum atomic E-state index is -0.397. The van der Waals surface area contributed by atoms with Crippen LogP contribution in [0.25, 0.3) is 0 Å². The number of phenols is 1. The number of phenolic OH excluding ortho intramolecular Hbond substituents is 1. The van der Waals surface area contributed by atoms with Gasteiger partial charge in [0.25, 0.3) is 5.91 Å². The summed E-state index contributed by atoms with van der Waals surface area (Å²) in [4.78, 5) is 11.8. The van der Waals surface area contributed by atoms with Crippen LogP contribution in [0, 0.1) is 6.92 Å². The van der Waals surface area contributed by atoms with E-state index in [0.29, 0.717) is 16.8 Å². The molecule has 5 nitrogen and oxygen atoms in total. The lowest BCUT2D eigenvalue weighted by Crippen LogP contribution is -2.19. The zero-order valence-electron chi connectivity index (χ0n) is 11.0. The van der Waals surface area contributed by atoms with Crippen molar-refractivity contribution in [1.29, 1.82) is 0 Å². The van der Waals surface area contributed by atoms with Crippen molar-refractivity contribution in [1.82, 2.24) is 5.43 Å². The monoisotopic (exact) mass is 269 g/mol. The number of para-hydroxylation sites is 1. The molecule has 0 spiro atoms. The average molecular weight is 269 g/mol. The normalized spacial score (nSPS) is 10.7. The maximum atomic E-state index is 11.8. The number of anilines is 1. The number of amides is 1. The highest BCUT2D eigenvalue weighted by Crippen LogP contribution is 2.15. The standard InChI is InChI=1S/C15H15N3O2/c1-10-6-7-14(19)11(8-10)9-17-18-15(20)12-4-2-3-5-13(12)16/h2-9,19H,16H2,1H3,(H,18,20)/b17-9+. The summed E-state index contributed by atoms with van der Waals surface area (Å²) in [7, 11) is 0. The summed E-state index contributed by atoms with van der Waals surface area (Å²) in [6.07, 6.45) is 1.39. The molecule has 2 aromatic rings. The highest BCUT2D eigenvalue weighted by Gasteiger charge is 2.07. The fourth-order valence-corrected chi connectivity index (χ4v) is 1.70. The summed E-state index contributed by atoms with van der Waals surface area (Å²) in [5.74, 6) is -0.292. The second-order valence-electron chi connectivity index (χ2n) is 4.35. The van der Waals surface area contributed by atoms with Gasteiger partial charge in [0.05, 0.1) is 11.8 Å². The third kappa shape index (κ3) is 3.14. The first kappa shape index (κ1) is 13.6. The SMILES string of the molecule is Cc1ccc(O)c(/C=N/NC(=O)c2ccccc2N)c1. The first-order chi connectivity index (χ1) is 9.58. The van der Waals surface area contributed by atoms with Gasteiger partial charge in [-0.05, 0) is 31.2 Å². The molecule has 0 atom stereocenters. The Morgan fingerprint density at radius 3 is 2.80 bits per heavy atom. The van der Waals surface area contributed by atoms with E-state index in [-0.39, 0.29) is 5.75 Å². The second-order valence-corrected chi connectivity index (χ2v) is 4.35. The predicted octanol–water partition coefficient (Wildman–Crippen LogP) is 2.05. The largest absolute Gasteiger partial charge is 0.507 e. The van der Waals surface area contributed by atoms with Crippen LogP contribution in [0.15, 0.2) is 47.6 Å². The lowest BCUT2D eigenvalue weighted by Gasteiger charge is -2.03. The van der Waals surface area contributed by atoms with E-state index in [1.165, 1.54) is 6.21 Å². The molecule has 0 aliphatic heterocycles. The molecule has 0 unspecified atom stereocenters. The molecule has 0 aromatic heterocycles. The van der Waals surface area contributed by atoms with Gasteiger partial charge in [-0.3, -0.25) is 4.79 Å². The first-order valence-electron chi connectivity index (χ1n) is 6.05. The maximum Gasteiger partial charge on any atom is 0.273 e. The molecular formula is C15H15N3O2. The second kappa shape index (κ2) is 5.88. The number of nitrogens with two attached hydrogens (primary N) is 1. The zero-order valence-corrected chi connectivity index (χ0v) is 11.0. The summed E-state index contributed by atoms with van der Waals surface area (Å²) in [5.41, 5.74) is 10.3. The van der Waals surface area contributed by atoms with E-state index in [1.54, 1.807) is 42.5 Å². The number of hydrogen-bond acceptors (Lipinski definition) is 4. The molecule has 0 fully saturated rings. The van der Waals surface area contributed by atoms with Gasteiger partial charge in [-0.2, -0.15) is 5.10 Å². The van der Waals surface area contributed by atoms with Gasteiger partial charge in [0, 0.05) is 11.3 Å². The Morgan fingerprint density at radius 1 is 1.30 bits per heavy atom. The fraction of sp³-hybridized carbons (Fsp3) is 0.0667. The van der Waals surface area contributed by atoms with Gasteiger partial charge in [0.1, 0.15) is 5.75 Å². The Labute approximate surface area is 116 Å². The predicted molar refractivity (Wildman–Crippen MR) is 78.8 cm³/mol. The van der Waals surface area contributed by atoms with Crippen molar-refractivity contribution in [3.8, 4) is 5.75 Å². The molecule has 0 bridgehead atoms. The number of nitrogens with zero attached hydrogens (tertiary/aromatic N) is 1. The Hall–Kier alpha value is -2.82. The molecule has 0 aliphatic rings. The quantitative estimate of drug-likeness (QED) is 0.452. The molecule has 20 heavy (non-hydrogen) atoms. The lowest BCUT2D eigenvalue weighted by molar-refractivity contribution is 0.0956. The van der Waals surface area contributed by atoms with E-state index >= 15 is 0 Å². The van der Waals surface area contributed by atoms with Crippen molar-refractivity contribution in [2.75, 3.05) is 5.73 Å². The Bertz CT molecular complexity index is 666. The summed E-state index contributed by atoms with van der Waals surface area (Å²) in [6.45, 7) is 1.90. The minimum Gasteiger partial charge on any atom is -0.507 e. The number of aryl methyl sites for hydroxylation is 1. The first-order valence-corrected chi connectivity index (χ1v) is 6.05. The van der Waals surface area contributed by atoms with Gasteiger partial charge in [0.2, 0.25) is 0 Å². The molecule has 0 radical (unpaired) electrons. The number of rotatable bonds is 3. The maximum absolute atomic E-state index is 11.8. The summed E-state index contributed by atoms with van der Waals surface area (Å²) in [6, 6.07) is 11.9. The van der Waals surface area contributed by atoms with E-state index < -0.39 is 5.91 Å². The number of hydrazone groups is 1. The summed E-state index contributed by atoms with van der Waals surface area (Å²) in [5, 5.41) is 13.5. The third-order valence-corrected chi connectivity index (χ3v) is 2.76. The van der Waals surface area contributed by atoms with E-state index in [9.17, 15) is 9.90 Å². The minimum absolute atomic E-state index is 0.104. The zero-order chi connectivity index (χ0) is 14.5. The van der Waals surface area contributed by atoms with Crippen molar-refractivity contribution in [2.24, 2.45) is 5.10 Å². The van der Waals surface area contributed by atoms with Crippen LogP contribution in [0.5, 0.6) is 5.75 Å². The van der Waals surface area contributed by atoms with Crippen molar-refractivity contribution < 1.29 is 9.90 Å². The van der Waals surface area contributed by atoms with E-state index in [4.69, 9.17) is 5.73 Å². The van der Waals surface area contributed by atoms with E-state index in [1.807, 2.05) is 6.92 Å². The number of hydrogen-bond donors (Lipinski definition) is 3. The van der Waals surface area contributed by atoms with Crippen LogP contribution in [-0.2, 0) is 0 Å². The van der Waals surface area contributed by atoms with Crippen LogP contribution in [-0.4, -0.2) is 17.2 Å². The van der Waals surface area contributed by atoms with Gasteiger partial charge in [0.15, 0.2) is 0 Å². The van der Waals surface area contributed by atoms with E-state index in [0.717, 1.165) is 5.56 Å². The Kier molecular flexibility index (Phi) is 4.00. The lowest BCUT2D eigenvalue weighted by atomic mass is 10.1. The van der Waals surface area contributed by atoms with Gasteiger partial charge in [-0.25, -0.2) is 5.43 Å². The molecular weight excluding hydrogens is 254 g/mol. The van der Waals surface area contributed by atoms with E-state index in [2.05, 4.69) is 10.5 Å². The fourth-order valence-electron chi connectivity index (χ4n) is 1.70. The average Bonchev–Trinajstić information content (AvgIpc) is 2.43. The smallest absolute Gasteiger partial charge is 0.273 e. The van der Waals surface area contributed by atoms with Gasteiger partial charge >= 0.3 is 0 Å². The third-order valence-electron chi connectivity index (χ3n) is 2.76. The van der Waals surface area contributed by atoms with Crippen LogP contribution in [0.4, 0.5) is 5.69 Å². The van der Waals surface area contributed by atoms with Gasteiger partial charge < -0.3 is 10.8 Å². The van der Waals surface area contributed by atoms with Crippen LogP contribution >= 0.6 is 0 Å². The van der Waals surface area contributed by atoms with Gasteiger partial charge in [-0.15, -0.1) is 0 Å². The van der Waals surface area contributed by atoms with Crippen molar-refractivity contribution in [2.45, 2.75) is 6.92 Å². The number of nitrogens with one attached hydrogen (secondary N) is 1. The molecule has 2 rings (SSSR count). The summed E-state index contributed by atoms with van der Waals surface area (Å²) >= 11 is 0. The van der Waals surface area contributed by atoms with Crippen LogP contribution in [0.3, 0.4) is 0 Å². The molecule has 0 saturated heterocycles. The number of benzene rings is 2. The molecule has 0 saturated carbocycles. The number of aromatic hydroxyl groups is 1. The van der Waals surface area contributed by atoms with Crippen LogP contribution in [0.2, 0.25) is 0 Å². The van der Waals surface area contributed by atoms with Crippen LogP contribution in [0.1, 0.15) is 21.5 Å². The van der Waals surface area contributed by atoms with Crippen molar-refractivity contribution in [3.05, 3.63) is 59.2 Å². The van der Waals surface area contributed by atoms with Gasteiger partial charge in [-0.1, -0.05) is 23.8 Å². The topological polar surface area (TPSA) is 87.7 Å². The van der Waals surface area contributed by atoms with Crippen molar-refractivity contribution in [3.63, 3.8) is 0 Å². The van der Waals surface area contributed by atoms with Crippen molar-refractivity contribution >= 4 is 17.8 Å². The van der Waals surface area contributed by atoms with Crippen LogP contribution < -0.4 is 11.2 Å². The molecule has 102 valence electrons. The molecule has 4 N–H and O–H groups in total. The Morgan fingerprint density at radius 2 is 2.05 bits per heavy atom. The highest BCUT2D eigenvalue weighted by molar-refractivity contribution is 5.99. The molecule has 1 amide bonds. The summed E-state index contributed by atoms with van der Waals surface area (Å²) < 4.78 is 0. The molecule has 2 aromatic carbocycles. The molecule has 0 heterocycles.